The van der Waals surface area contributed by atoms with E-state index in [2.05, 4.69) is 10.3 Å². The van der Waals surface area contributed by atoms with Gasteiger partial charge < -0.3 is 9.73 Å². The number of aromatic nitrogens is 1. The molecular formula is C15H11FN2O2. The highest BCUT2D eigenvalue weighted by atomic mass is 19.1. The van der Waals surface area contributed by atoms with Crippen molar-refractivity contribution in [1.82, 2.24) is 4.98 Å². The number of rotatable bonds is 2. The van der Waals surface area contributed by atoms with E-state index in [0.29, 0.717) is 16.8 Å². The number of hydrogen-bond acceptors (Lipinski definition) is 3. The summed E-state index contributed by atoms with van der Waals surface area (Å²) >= 11 is 0. The molecule has 0 aliphatic heterocycles. The highest BCUT2D eigenvalue weighted by Crippen LogP contribution is 2.19. The molecule has 0 saturated carbocycles. The smallest absolute Gasteiger partial charge is 0.291 e. The van der Waals surface area contributed by atoms with Crippen molar-refractivity contribution in [3.8, 4) is 0 Å². The summed E-state index contributed by atoms with van der Waals surface area (Å²) in [5, 5.41) is 2.57. The number of pyridine rings is 1. The Bertz CT molecular complexity index is 795. The molecule has 2 heterocycles. The quantitative estimate of drug-likeness (QED) is 0.775. The van der Waals surface area contributed by atoms with Gasteiger partial charge in [0.25, 0.3) is 5.91 Å². The minimum Gasteiger partial charge on any atom is -0.449 e. The number of benzene rings is 1. The first-order valence-electron chi connectivity index (χ1n) is 6.06. The third-order valence-electron chi connectivity index (χ3n) is 2.82. The number of nitrogens with one attached hydrogen (secondary N) is 1. The first-order valence-corrected chi connectivity index (χ1v) is 6.06. The van der Waals surface area contributed by atoms with Gasteiger partial charge >= 0.3 is 0 Å². The molecule has 0 saturated heterocycles. The predicted octanol–water partition coefficient (Wildman–Crippen LogP) is 3.53. The molecule has 5 heteroatoms. The lowest BCUT2D eigenvalue weighted by Gasteiger charge is -2.02. The minimum absolute atomic E-state index is 0.141. The fourth-order valence-electron chi connectivity index (χ4n) is 1.90. The second kappa shape index (κ2) is 4.77. The number of halogens is 1. The first kappa shape index (κ1) is 12.3. The summed E-state index contributed by atoms with van der Waals surface area (Å²) in [5.41, 5.74) is 2.38. The molecule has 0 fully saturated rings. The van der Waals surface area contributed by atoms with Gasteiger partial charge in [0.05, 0.1) is 0 Å². The van der Waals surface area contributed by atoms with Crippen molar-refractivity contribution in [2.75, 3.05) is 5.32 Å². The zero-order valence-electron chi connectivity index (χ0n) is 10.7. The first-order chi connectivity index (χ1) is 9.61. The van der Waals surface area contributed by atoms with Crippen LogP contribution < -0.4 is 5.32 Å². The molecule has 0 spiro atoms. The molecule has 3 rings (SSSR count). The van der Waals surface area contributed by atoms with Gasteiger partial charge in [0.15, 0.2) is 11.3 Å². The van der Waals surface area contributed by atoms with E-state index in [1.807, 2.05) is 6.92 Å². The van der Waals surface area contributed by atoms with Gasteiger partial charge in [0, 0.05) is 17.4 Å². The van der Waals surface area contributed by atoms with E-state index in [4.69, 9.17) is 4.42 Å². The summed E-state index contributed by atoms with van der Waals surface area (Å²) in [6.07, 6.45) is 0. The third-order valence-corrected chi connectivity index (χ3v) is 2.82. The molecule has 3 aromatic rings. The van der Waals surface area contributed by atoms with Crippen LogP contribution in [0.5, 0.6) is 0 Å². The number of carbonyl (C=O) groups is 1. The van der Waals surface area contributed by atoms with Crippen LogP contribution in [0.25, 0.3) is 11.1 Å². The zero-order valence-corrected chi connectivity index (χ0v) is 10.7. The summed E-state index contributed by atoms with van der Waals surface area (Å²) in [7, 11) is 0. The Morgan fingerprint density at radius 2 is 2.10 bits per heavy atom. The normalized spacial score (nSPS) is 10.7. The lowest BCUT2D eigenvalue weighted by molar-refractivity contribution is 0.0998. The van der Waals surface area contributed by atoms with Crippen molar-refractivity contribution in [2.45, 2.75) is 6.92 Å². The molecule has 4 nitrogen and oxygen atoms in total. The Morgan fingerprint density at radius 3 is 2.90 bits per heavy atom. The highest BCUT2D eigenvalue weighted by Gasteiger charge is 2.13. The highest BCUT2D eigenvalue weighted by molar-refractivity contribution is 6.04. The summed E-state index contributed by atoms with van der Waals surface area (Å²) in [6.45, 7) is 1.86. The topological polar surface area (TPSA) is 55.1 Å². The fourth-order valence-corrected chi connectivity index (χ4v) is 1.90. The van der Waals surface area contributed by atoms with Crippen LogP contribution in [0.15, 0.2) is 46.9 Å². The van der Waals surface area contributed by atoms with Crippen LogP contribution in [0.2, 0.25) is 0 Å². The molecular weight excluding hydrogens is 259 g/mol. The van der Waals surface area contributed by atoms with E-state index < -0.39 is 11.7 Å². The largest absolute Gasteiger partial charge is 0.449 e. The Balaban J connectivity index is 1.88. The minimum atomic E-state index is -0.439. The van der Waals surface area contributed by atoms with Gasteiger partial charge in [0.1, 0.15) is 11.3 Å². The Labute approximate surface area is 114 Å². The molecule has 0 radical (unpaired) electrons. The van der Waals surface area contributed by atoms with Crippen molar-refractivity contribution in [3.05, 3.63) is 59.7 Å². The molecule has 100 valence electrons. The molecule has 1 N–H and O–H groups in total. The second-order valence-corrected chi connectivity index (χ2v) is 4.41. The molecule has 1 amide bonds. The number of carbonyl (C=O) groups excluding carboxylic acids is 1. The van der Waals surface area contributed by atoms with Crippen LogP contribution in [-0.2, 0) is 0 Å². The van der Waals surface area contributed by atoms with Crippen LogP contribution in [0.3, 0.4) is 0 Å². The molecule has 0 aliphatic rings. The maximum absolute atomic E-state index is 13.0. The van der Waals surface area contributed by atoms with Gasteiger partial charge in [-0.15, -0.1) is 0 Å². The van der Waals surface area contributed by atoms with Gasteiger partial charge in [-0.3, -0.25) is 4.79 Å². The zero-order chi connectivity index (χ0) is 14.1. The van der Waals surface area contributed by atoms with Gasteiger partial charge in [-0.2, -0.15) is 0 Å². The van der Waals surface area contributed by atoms with Gasteiger partial charge in [0.2, 0.25) is 0 Å². The summed E-state index contributed by atoms with van der Waals surface area (Å²) < 4.78 is 18.5. The van der Waals surface area contributed by atoms with Crippen LogP contribution in [0.1, 0.15) is 16.2 Å². The van der Waals surface area contributed by atoms with Crippen molar-refractivity contribution >= 4 is 22.7 Å². The second-order valence-electron chi connectivity index (χ2n) is 4.41. The van der Waals surface area contributed by atoms with Crippen molar-refractivity contribution in [2.24, 2.45) is 0 Å². The molecule has 0 unspecified atom stereocenters. The molecule has 0 atom stereocenters. The standard InChI is InChI=1S/C15H11FN2O2/c1-9-5-6-13-12(17-9)8-14(20-13)15(19)18-11-4-2-3-10(16)7-11/h2-8H,1H3,(H,18,19). The number of nitrogens with zero attached hydrogens (tertiary/aromatic N) is 1. The Hall–Kier alpha value is -2.69. The van der Waals surface area contributed by atoms with Gasteiger partial charge in [-0.25, -0.2) is 9.37 Å². The maximum atomic E-state index is 13.0. The average Bonchev–Trinajstić information content (AvgIpc) is 2.81. The van der Waals surface area contributed by atoms with Gasteiger partial charge in [-0.1, -0.05) is 6.07 Å². The predicted molar refractivity (Wildman–Crippen MR) is 73.1 cm³/mol. The van der Waals surface area contributed by atoms with Gasteiger partial charge in [-0.05, 0) is 37.3 Å². The van der Waals surface area contributed by atoms with E-state index >= 15 is 0 Å². The van der Waals surface area contributed by atoms with Crippen LogP contribution in [0, 0.1) is 12.7 Å². The van der Waals surface area contributed by atoms with E-state index in [1.54, 1.807) is 24.3 Å². The van der Waals surface area contributed by atoms with Crippen LogP contribution in [0.4, 0.5) is 10.1 Å². The number of anilines is 1. The number of amides is 1. The molecule has 0 aliphatic carbocycles. The maximum Gasteiger partial charge on any atom is 0.291 e. The molecule has 2 aromatic heterocycles. The molecule has 0 bridgehead atoms. The van der Waals surface area contributed by atoms with E-state index in [1.165, 1.54) is 18.2 Å². The van der Waals surface area contributed by atoms with E-state index in [0.717, 1.165) is 5.69 Å². The summed E-state index contributed by atoms with van der Waals surface area (Å²) in [5.74, 6) is -0.710. The molecule has 1 aromatic carbocycles. The lowest BCUT2D eigenvalue weighted by atomic mass is 10.3. The third kappa shape index (κ3) is 2.38. The van der Waals surface area contributed by atoms with Crippen molar-refractivity contribution in [3.63, 3.8) is 0 Å². The SMILES string of the molecule is Cc1ccc2oc(C(=O)Nc3cccc(F)c3)cc2n1. The summed E-state index contributed by atoms with van der Waals surface area (Å²) in [4.78, 5) is 16.3. The Morgan fingerprint density at radius 1 is 1.25 bits per heavy atom. The Kier molecular flexibility index (Phi) is 2.95. The monoisotopic (exact) mass is 270 g/mol. The lowest BCUT2D eigenvalue weighted by Crippen LogP contribution is -2.10. The average molecular weight is 270 g/mol. The number of aryl methyl sites for hydroxylation is 1. The number of furan rings is 1. The van der Waals surface area contributed by atoms with E-state index in [9.17, 15) is 9.18 Å². The van der Waals surface area contributed by atoms with Crippen molar-refractivity contribution < 1.29 is 13.6 Å². The molecule has 20 heavy (non-hydrogen) atoms. The number of hydrogen-bond donors (Lipinski definition) is 1. The van der Waals surface area contributed by atoms with Crippen LogP contribution in [-0.4, -0.2) is 10.9 Å². The van der Waals surface area contributed by atoms with Crippen molar-refractivity contribution in [1.29, 1.82) is 0 Å². The van der Waals surface area contributed by atoms with Crippen LogP contribution >= 0.6 is 0 Å². The van der Waals surface area contributed by atoms with E-state index in [-0.39, 0.29) is 5.76 Å². The summed E-state index contributed by atoms with van der Waals surface area (Å²) in [6, 6.07) is 10.8. The fraction of sp³-hybridized carbons (Fsp3) is 0.0667. The number of fused-ring (bicyclic) bond motifs is 1.